The maximum Gasteiger partial charge on any atom is 0.260 e. The molecule has 0 saturated carbocycles. The summed E-state index contributed by atoms with van der Waals surface area (Å²) in [4.78, 5) is 3.95. The summed E-state index contributed by atoms with van der Waals surface area (Å²) < 4.78 is 32.6. The molecule has 0 radical (unpaired) electrons. The van der Waals surface area contributed by atoms with Crippen LogP contribution in [-0.4, -0.2) is 26.5 Å². The lowest BCUT2D eigenvalue weighted by molar-refractivity contribution is 0.479. The first-order chi connectivity index (χ1) is 10.0. The van der Waals surface area contributed by atoms with Crippen LogP contribution >= 0.6 is 0 Å². The number of hydrogen-bond donors (Lipinski definition) is 2. The Labute approximate surface area is 124 Å². The molecule has 0 saturated heterocycles. The molecule has 0 bridgehead atoms. The van der Waals surface area contributed by atoms with E-state index in [1.54, 1.807) is 25.4 Å². The second-order valence-corrected chi connectivity index (χ2v) is 6.38. The van der Waals surface area contributed by atoms with Gasteiger partial charge in [-0.1, -0.05) is 0 Å². The van der Waals surface area contributed by atoms with E-state index in [-0.39, 0.29) is 11.1 Å². The molecule has 114 valence electrons. The van der Waals surface area contributed by atoms with Crippen LogP contribution in [0.4, 0.5) is 5.69 Å². The van der Waals surface area contributed by atoms with Crippen LogP contribution in [0.3, 0.4) is 0 Å². The van der Waals surface area contributed by atoms with Crippen LogP contribution in [0.1, 0.15) is 19.1 Å². The maximum atomic E-state index is 12.3. The molecule has 7 heteroatoms. The largest absolute Gasteiger partial charge is 0.469 e. The van der Waals surface area contributed by atoms with Gasteiger partial charge >= 0.3 is 0 Å². The van der Waals surface area contributed by atoms with Crippen molar-refractivity contribution in [3.05, 3.63) is 42.5 Å². The average molecular weight is 309 g/mol. The molecule has 0 aromatic carbocycles. The van der Waals surface area contributed by atoms with E-state index >= 15 is 0 Å². The molecule has 0 fully saturated rings. The lowest BCUT2D eigenvalue weighted by Gasteiger charge is -2.15. The van der Waals surface area contributed by atoms with Gasteiger partial charge in [0.25, 0.3) is 10.0 Å². The zero-order valence-electron chi connectivity index (χ0n) is 12.0. The van der Waals surface area contributed by atoms with E-state index in [4.69, 9.17) is 4.42 Å². The summed E-state index contributed by atoms with van der Waals surface area (Å²) in [7, 11) is -1.98. The fraction of sp³-hybridized carbons (Fsp3) is 0.357. The van der Waals surface area contributed by atoms with Gasteiger partial charge in [-0.3, -0.25) is 0 Å². The molecule has 1 atom stereocenters. The van der Waals surface area contributed by atoms with Crippen LogP contribution in [0.25, 0.3) is 0 Å². The highest BCUT2D eigenvalue weighted by Gasteiger charge is 2.21. The maximum absolute atomic E-state index is 12.3. The monoisotopic (exact) mass is 309 g/mol. The molecule has 0 amide bonds. The zero-order chi connectivity index (χ0) is 15.3. The lowest BCUT2D eigenvalue weighted by atomic mass is 10.2. The highest BCUT2D eigenvalue weighted by Crippen LogP contribution is 2.18. The molecule has 0 aliphatic heterocycles. The molecule has 2 aromatic rings. The normalized spacial score (nSPS) is 13.0. The number of sulfonamides is 1. The predicted octanol–water partition coefficient (Wildman–Crippen LogP) is 2.02. The summed E-state index contributed by atoms with van der Waals surface area (Å²) in [6, 6.07) is 6.84. The number of hydrogen-bond acceptors (Lipinski definition) is 5. The van der Waals surface area contributed by atoms with Crippen LogP contribution in [0.5, 0.6) is 0 Å². The van der Waals surface area contributed by atoms with Gasteiger partial charge in [0.1, 0.15) is 5.76 Å². The lowest BCUT2D eigenvalue weighted by Crippen LogP contribution is -2.33. The van der Waals surface area contributed by atoms with E-state index in [9.17, 15) is 8.42 Å². The van der Waals surface area contributed by atoms with E-state index in [0.717, 1.165) is 5.76 Å². The Kier molecular flexibility index (Phi) is 4.98. The standard InChI is InChI=1S/C14H19N3O3S/c1-11(7-8-12-5-4-10-20-12)17-21(18,19)14-13(15-2)6-3-9-16-14/h3-6,9-11,15,17H,7-8H2,1-2H3. The van der Waals surface area contributed by atoms with Crippen molar-refractivity contribution in [1.82, 2.24) is 9.71 Å². The molecule has 0 spiro atoms. The topological polar surface area (TPSA) is 84.2 Å². The molecule has 2 N–H and O–H groups in total. The van der Waals surface area contributed by atoms with E-state index in [0.29, 0.717) is 18.5 Å². The first kappa shape index (κ1) is 15.5. The number of furan rings is 1. The third-order valence-corrected chi connectivity index (χ3v) is 4.60. The van der Waals surface area contributed by atoms with E-state index in [2.05, 4.69) is 15.0 Å². The fourth-order valence-corrected chi connectivity index (χ4v) is 3.41. The highest BCUT2D eigenvalue weighted by atomic mass is 32.2. The van der Waals surface area contributed by atoms with Crippen LogP contribution in [-0.2, 0) is 16.4 Å². The molecule has 2 aromatic heterocycles. The summed E-state index contributed by atoms with van der Waals surface area (Å²) in [5.74, 6) is 0.842. The Hall–Kier alpha value is -1.86. The number of anilines is 1. The smallest absolute Gasteiger partial charge is 0.260 e. The van der Waals surface area contributed by atoms with Crippen molar-refractivity contribution in [2.75, 3.05) is 12.4 Å². The molecule has 0 aliphatic carbocycles. The number of pyridine rings is 1. The second kappa shape index (κ2) is 6.73. The SMILES string of the molecule is CNc1cccnc1S(=O)(=O)NC(C)CCc1ccco1. The molecule has 0 aliphatic rings. The van der Waals surface area contributed by atoms with Gasteiger partial charge < -0.3 is 9.73 Å². The predicted molar refractivity (Wildman–Crippen MR) is 80.6 cm³/mol. The highest BCUT2D eigenvalue weighted by molar-refractivity contribution is 7.89. The summed E-state index contributed by atoms with van der Waals surface area (Å²) >= 11 is 0. The Morgan fingerprint density at radius 2 is 2.14 bits per heavy atom. The summed E-state index contributed by atoms with van der Waals surface area (Å²) in [6.45, 7) is 1.82. The summed E-state index contributed by atoms with van der Waals surface area (Å²) in [6.07, 6.45) is 4.40. The number of nitrogens with zero attached hydrogens (tertiary/aromatic N) is 1. The number of aryl methyl sites for hydroxylation is 1. The molecule has 2 heterocycles. The molecule has 21 heavy (non-hydrogen) atoms. The van der Waals surface area contributed by atoms with Gasteiger partial charge in [-0.05, 0) is 37.6 Å². The second-order valence-electron chi connectivity index (χ2n) is 4.75. The third-order valence-electron chi connectivity index (χ3n) is 3.06. The van der Waals surface area contributed by atoms with Gasteiger partial charge in [-0.2, -0.15) is 0 Å². The first-order valence-electron chi connectivity index (χ1n) is 6.70. The molecular formula is C14H19N3O3S. The van der Waals surface area contributed by atoms with Crippen LogP contribution in [0.2, 0.25) is 0 Å². The fourth-order valence-electron chi connectivity index (χ4n) is 1.99. The van der Waals surface area contributed by atoms with E-state index in [1.165, 1.54) is 6.20 Å². The van der Waals surface area contributed by atoms with Crippen LogP contribution < -0.4 is 10.0 Å². The van der Waals surface area contributed by atoms with Crippen molar-refractivity contribution in [3.63, 3.8) is 0 Å². The number of nitrogens with one attached hydrogen (secondary N) is 2. The van der Waals surface area contributed by atoms with Gasteiger partial charge in [0.15, 0.2) is 5.03 Å². The number of rotatable bonds is 7. The molecule has 2 rings (SSSR count). The van der Waals surface area contributed by atoms with Gasteiger partial charge in [-0.25, -0.2) is 18.1 Å². The minimum absolute atomic E-state index is 0.0114. The summed E-state index contributed by atoms with van der Waals surface area (Å²) in [5.41, 5.74) is 0.475. The van der Waals surface area contributed by atoms with Gasteiger partial charge in [0.05, 0.1) is 12.0 Å². The number of aromatic nitrogens is 1. The van der Waals surface area contributed by atoms with Crippen molar-refractivity contribution >= 4 is 15.7 Å². The van der Waals surface area contributed by atoms with E-state index in [1.807, 2.05) is 19.1 Å². The van der Waals surface area contributed by atoms with Gasteiger partial charge in [0, 0.05) is 25.7 Å². The average Bonchev–Trinajstić information content (AvgIpc) is 2.98. The molecule has 6 nitrogen and oxygen atoms in total. The van der Waals surface area contributed by atoms with Crippen molar-refractivity contribution in [2.24, 2.45) is 0 Å². The Morgan fingerprint density at radius 3 is 2.81 bits per heavy atom. The van der Waals surface area contributed by atoms with Gasteiger partial charge in [0.2, 0.25) is 0 Å². The minimum atomic E-state index is -3.65. The first-order valence-corrected chi connectivity index (χ1v) is 8.18. The molecular weight excluding hydrogens is 290 g/mol. The van der Waals surface area contributed by atoms with E-state index < -0.39 is 10.0 Å². The van der Waals surface area contributed by atoms with Gasteiger partial charge in [-0.15, -0.1) is 0 Å². The Morgan fingerprint density at radius 1 is 1.33 bits per heavy atom. The zero-order valence-corrected chi connectivity index (χ0v) is 12.9. The molecule has 1 unspecified atom stereocenters. The van der Waals surface area contributed by atoms with Crippen molar-refractivity contribution in [1.29, 1.82) is 0 Å². The van der Waals surface area contributed by atoms with Crippen LogP contribution in [0, 0.1) is 0 Å². The Bertz CT molecular complexity index is 669. The minimum Gasteiger partial charge on any atom is -0.469 e. The van der Waals surface area contributed by atoms with Crippen LogP contribution in [0.15, 0.2) is 46.2 Å². The van der Waals surface area contributed by atoms with Crippen molar-refractivity contribution in [3.8, 4) is 0 Å². The summed E-state index contributed by atoms with van der Waals surface area (Å²) in [5, 5.41) is 2.84. The third kappa shape index (κ3) is 4.05. The van der Waals surface area contributed by atoms with Crippen molar-refractivity contribution in [2.45, 2.75) is 30.8 Å². The Balaban J connectivity index is 2.03. The quantitative estimate of drug-likeness (QED) is 0.817. The van der Waals surface area contributed by atoms with Crippen molar-refractivity contribution < 1.29 is 12.8 Å².